The van der Waals surface area contributed by atoms with Gasteiger partial charge in [0, 0.05) is 6.54 Å². The van der Waals surface area contributed by atoms with Crippen LogP contribution in [0.3, 0.4) is 0 Å². The average Bonchev–Trinajstić information content (AvgIpc) is 3.09. The van der Waals surface area contributed by atoms with Crippen LogP contribution in [0.5, 0.6) is 0 Å². The monoisotopic (exact) mass is 274 g/mol. The summed E-state index contributed by atoms with van der Waals surface area (Å²) in [6, 6.07) is 0. The molecule has 1 atom stereocenters. The van der Waals surface area contributed by atoms with Gasteiger partial charge < -0.3 is 5.32 Å². The highest BCUT2D eigenvalue weighted by atomic mass is 32.2. The third-order valence-corrected chi connectivity index (χ3v) is 5.75. The minimum Gasteiger partial charge on any atom is -0.316 e. The molecule has 1 saturated heterocycles. The van der Waals surface area contributed by atoms with Gasteiger partial charge in [0.1, 0.15) is 0 Å². The van der Waals surface area contributed by atoms with Crippen LogP contribution < -0.4 is 10.0 Å². The zero-order chi connectivity index (χ0) is 13.1. The summed E-state index contributed by atoms with van der Waals surface area (Å²) in [5.41, 5.74) is 0.298. The summed E-state index contributed by atoms with van der Waals surface area (Å²) in [7, 11) is -3.08. The molecule has 0 aromatic heterocycles. The van der Waals surface area contributed by atoms with Gasteiger partial charge in [-0.3, -0.25) is 0 Å². The lowest BCUT2D eigenvalue weighted by atomic mass is 10.0. The molecule has 2 rings (SSSR count). The van der Waals surface area contributed by atoms with Gasteiger partial charge in [0.25, 0.3) is 0 Å². The minimum absolute atomic E-state index is 0.289. The predicted octanol–water partition coefficient (Wildman–Crippen LogP) is 1.49. The van der Waals surface area contributed by atoms with Gasteiger partial charge in [-0.1, -0.05) is 13.3 Å². The molecule has 0 aromatic carbocycles. The summed E-state index contributed by atoms with van der Waals surface area (Å²) in [5, 5.41) is 3.27. The van der Waals surface area contributed by atoms with Crippen LogP contribution in [0.4, 0.5) is 0 Å². The maximum absolute atomic E-state index is 12.0. The molecule has 1 unspecified atom stereocenters. The molecule has 0 bridgehead atoms. The molecule has 106 valence electrons. The van der Waals surface area contributed by atoms with Gasteiger partial charge in [0.05, 0.1) is 5.75 Å². The first-order valence-corrected chi connectivity index (χ1v) is 8.89. The largest absolute Gasteiger partial charge is 0.316 e. The van der Waals surface area contributed by atoms with Crippen LogP contribution >= 0.6 is 0 Å². The Hall–Kier alpha value is -0.130. The first-order valence-electron chi connectivity index (χ1n) is 7.23. The molecule has 4 nitrogen and oxygen atoms in total. The summed E-state index contributed by atoms with van der Waals surface area (Å²) in [6.07, 6.45) is 6.81. The fourth-order valence-corrected chi connectivity index (χ4v) is 4.47. The van der Waals surface area contributed by atoms with Crippen molar-refractivity contribution in [3.8, 4) is 0 Å². The van der Waals surface area contributed by atoms with E-state index in [0.29, 0.717) is 17.7 Å². The number of hydrogen-bond acceptors (Lipinski definition) is 3. The second-order valence-corrected chi connectivity index (χ2v) is 7.92. The molecule has 18 heavy (non-hydrogen) atoms. The Balaban J connectivity index is 1.76. The van der Waals surface area contributed by atoms with Gasteiger partial charge in [0.2, 0.25) is 10.0 Å². The standard InChI is InChI=1S/C13H26N2O2S/c1-2-5-13(6-7-13)11-15-18(16,17)10-12-4-3-8-14-9-12/h12,14-15H,2-11H2,1H3. The van der Waals surface area contributed by atoms with Crippen molar-refractivity contribution < 1.29 is 8.42 Å². The van der Waals surface area contributed by atoms with E-state index in [2.05, 4.69) is 17.0 Å². The van der Waals surface area contributed by atoms with Gasteiger partial charge in [0.15, 0.2) is 0 Å². The van der Waals surface area contributed by atoms with E-state index in [1.54, 1.807) is 0 Å². The molecule has 0 amide bonds. The summed E-state index contributed by atoms with van der Waals surface area (Å²) < 4.78 is 26.9. The van der Waals surface area contributed by atoms with Gasteiger partial charge in [-0.2, -0.15) is 0 Å². The van der Waals surface area contributed by atoms with Crippen LogP contribution in [0.25, 0.3) is 0 Å². The minimum atomic E-state index is -3.08. The Labute approximate surface area is 111 Å². The molecule has 0 radical (unpaired) electrons. The third-order valence-electron chi connectivity index (χ3n) is 4.26. The molecular weight excluding hydrogens is 248 g/mol. The Morgan fingerprint density at radius 3 is 2.72 bits per heavy atom. The van der Waals surface area contributed by atoms with Crippen LogP contribution in [0.2, 0.25) is 0 Å². The molecule has 2 aliphatic rings. The normalized spacial score (nSPS) is 27.1. The van der Waals surface area contributed by atoms with Crippen molar-refractivity contribution in [3.05, 3.63) is 0 Å². The summed E-state index contributed by atoms with van der Waals surface area (Å²) in [6.45, 7) is 4.70. The first kappa shape index (κ1) is 14.3. The highest BCUT2D eigenvalue weighted by molar-refractivity contribution is 7.89. The van der Waals surface area contributed by atoms with E-state index in [-0.39, 0.29) is 5.92 Å². The lowest BCUT2D eigenvalue weighted by Gasteiger charge is -2.23. The van der Waals surface area contributed by atoms with Crippen molar-refractivity contribution in [3.63, 3.8) is 0 Å². The summed E-state index contributed by atoms with van der Waals surface area (Å²) >= 11 is 0. The van der Waals surface area contributed by atoms with Gasteiger partial charge in [-0.15, -0.1) is 0 Å². The lowest BCUT2D eigenvalue weighted by Crippen LogP contribution is -2.39. The number of rotatable bonds is 7. The van der Waals surface area contributed by atoms with E-state index < -0.39 is 10.0 Å². The van der Waals surface area contributed by atoms with Crippen LogP contribution in [-0.4, -0.2) is 33.8 Å². The van der Waals surface area contributed by atoms with Crippen LogP contribution in [0.15, 0.2) is 0 Å². The van der Waals surface area contributed by atoms with Crippen LogP contribution in [0, 0.1) is 11.3 Å². The molecule has 5 heteroatoms. The Morgan fingerprint density at radius 2 is 2.17 bits per heavy atom. The molecule has 0 spiro atoms. The van der Waals surface area contributed by atoms with E-state index in [1.165, 1.54) is 12.8 Å². The van der Waals surface area contributed by atoms with E-state index >= 15 is 0 Å². The fraction of sp³-hybridized carbons (Fsp3) is 1.00. The first-order chi connectivity index (χ1) is 8.55. The van der Waals surface area contributed by atoms with Gasteiger partial charge in [-0.25, -0.2) is 13.1 Å². The van der Waals surface area contributed by atoms with Crippen molar-refractivity contribution >= 4 is 10.0 Å². The molecule has 1 aliphatic carbocycles. The van der Waals surface area contributed by atoms with Gasteiger partial charge in [-0.05, 0) is 56.5 Å². The van der Waals surface area contributed by atoms with E-state index in [4.69, 9.17) is 0 Å². The zero-order valence-electron chi connectivity index (χ0n) is 11.4. The number of piperidine rings is 1. The lowest BCUT2D eigenvalue weighted by molar-refractivity contribution is 0.399. The maximum atomic E-state index is 12.0. The molecular formula is C13H26N2O2S. The maximum Gasteiger partial charge on any atom is 0.211 e. The highest BCUT2D eigenvalue weighted by Crippen LogP contribution is 2.49. The molecule has 1 heterocycles. The van der Waals surface area contributed by atoms with Crippen molar-refractivity contribution in [2.24, 2.45) is 11.3 Å². The van der Waals surface area contributed by atoms with Crippen molar-refractivity contribution in [1.82, 2.24) is 10.0 Å². The molecule has 0 aromatic rings. The molecule has 2 N–H and O–H groups in total. The third kappa shape index (κ3) is 4.21. The number of sulfonamides is 1. The quantitative estimate of drug-likeness (QED) is 0.739. The Bertz CT molecular complexity index is 357. The molecule has 2 fully saturated rings. The molecule has 1 saturated carbocycles. The molecule has 1 aliphatic heterocycles. The average molecular weight is 274 g/mol. The fourth-order valence-electron chi connectivity index (χ4n) is 2.92. The van der Waals surface area contributed by atoms with Crippen LogP contribution in [-0.2, 0) is 10.0 Å². The summed E-state index contributed by atoms with van der Waals surface area (Å²) in [5.74, 6) is 0.583. The second-order valence-electron chi connectivity index (χ2n) is 6.06. The topological polar surface area (TPSA) is 58.2 Å². The van der Waals surface area contributed by atoms with Crippen molar-refractivity contribution in [1.29, 1.82) is 0 Å². The number of nitrogens with one attached hydrogen (secondary N) is 2. The number of hydrogen-bond donors (Lipinski definition) is 2. The van der Waals surface area contributed by atoms with E-state index in [0.717, 1.165) is 38.8 Å². The predicted molar refractivity (Wildman–Crippen MR) is 74.0 cm³/mol. The van der Waals surface area contributed by atoms with Crippen molar-refractivity contribution in [2.45, 2.75) is 45.4 Å². The second kappa shape index (κ2) is 5.88. The summed E-state index contributed by atoms with van der Waals surface area (Å²) in [4.78, 5) is 0. The van der Waals surface area contributed by atoms with Crippen LogP contribution in [0.1, 0.15) is 45.4 Å². The van der Waals surface area contributed by atoms with Crippen molar-refractivity contribution in [2.75, 3.05) is 25.4 Å². The van der Waals surface area contributed by atoms with E-state index in [9.17, 15) is 8.42 Å². The SMILES string of the molecule is CCCC1(CNS(=O)(=O)CC2CCCNC2)CC1. The van der Waals surface area contributed by atoms with Gasteiger partial charge >= 0.3 is 0 Å². The Kier molecular flexibility index (Phi) is 4.67. The zero-order valence-corrected chi connectivity index (χ0v) is 12.2. The Morgan fingerprint density at radius 1 is 1.39 bits per heavy atom. The smallest absolute Gasteiger partial charge is 0.211 e. The van der Waals surface area contributed by atoms with E-state index in [1.807, 2.05) is 0 Å². The highest BCUT2D eigenvalue weighted by Gasteiger charge is 2.42.